The van der Waals surface area contributed by atoms with Crippen LogP contribution in [0.5, 0.6) is 0 Å². The summed E-state index contributed by atoms with van der Waals surface area (Å²) < 4.78 is 19.2. The van der Waals surface area contributed by atoms with E-state index in [2.05, 4.69) is 0 Å². The predicted molar refractivity (Wildman–Crippen MR) is 58.5 cm³/mol. The topological polar surface area (TPSA) is 127 Å². The average molecular weight is 275 g/mol. The lowest BCUT2D eigenvalue weighted by atomic mass is 10.2. The second kappa shape index (κ2) is 4.90. The highest BCUT2D eigenvalue weighted by Crippen LogP contribution is 2.29. The number of aliphatic hydroxyl groups is 1. The summed E-state index contributed by atoms with van der Waals surface area (Å²) in [4.78, 5) is 34.1. The van der Waals surface area contributed by atoms with Crippen molar-refractivity contribution in [2.75, 3.05) is 6.61 Å². The number of aromatic amines is 1. The largest absolute Gasteiger partial charge is 0.394 e. The van der Waals surface area contributed by atoms with Crippen LogP contribution in [0.3, 0.4) is 0 Å². The third kappa shape index (κ3) is 2.39. The number of rotatable bonds is 3. The Labute approximate surface area is 104 Å². The second-order valence-corrected chi connectivity index (χ2v) is 4.00. The molecule has 0 amide bonds. The summed E-state index contributed by atoms with van der Waals surface area (Å²) >= 11 is 0. The highest BCUT2D eigenvalue weighted by Gasteiger charge is 2.37. The minimum atomic E-state index is -1.49. The van der Waals surface area contributed by atoms with E-state index in [4.69, 9.17) is 9.84 Å². The Bertz CT molecular complexity index is 611. The van der Waals surface area contributed by atoms with Gasteiger partial charge in [-0.15, -0.1) is 0 Å². The normalized spacial score (nSPS) is 26.5. The first-order chi connectivity index (χ1) is 8.93. The summed E-state index contributed by atoms with van der Waals surface area (Å²) in [6.07, 6.45) is -3.22. The zero-order chi connectivity index (χ0) is 14.2. The van der Waals surface area contributed by atoms with E-state index >= 15 is 0 Å². The lowest BCUT2D eigenvalue weighted by molar-refractivity contribution is -0.387. The molecule has 104 valence electrons. The van der Waals surface area contributed by atoms with Gasteiger partial charge < -0.3 is 9.84 Å². The first-order valence-electron chi connectivity index (χ1n) is 5.34. The minimum absolute atomic E-state index is 0.242. The van der Waals surface area contributed by atoms with Gasteiger partial charge in [-0.3, -0.25) is 24.5 Å². The average Bonchev–Trinajstić information content (AvgIpc) is 2.69. The van der Waals surface area contributed by atoms with Crippen molar-refractivity contribution < 1.29 is 19.2 Å². The summed E-state index contributed by atoms with van der Waals surface area (Å²) in [5.41, 5.74) is -2.92. The maximum Gasteiger partial charge on any atom is 0.350 e. The number of hydrogen-bond acceptors (Lipinski definition) is 6. The molecule has 0 aliphatic carbocycles. The van der Waals surface area contributed by atoms with Gasteiger partial charge in [-0.25, -0.2) is 9.18 Å². The Morgan fingerprint density at radius 1 is 1.63 bits per heavy atom. The van der Waals surface area contributed by atoms with E-state index in [9.17, 15) is 24.1 Å². The van der Waals surface area contributed by atoms with Crippen molar-refractivity contribution in [1.82, 2.24) is 9.55 Å². The van der Waals surface area contributed by atoms with Crippen molar-refractivity contribution in [2.24, 2.45) is 0 Å². The van der Waals surface area contributed by atoms with Crippen LogP contribution in [0.2, 0.25) is 0 Å². The standard InChI is InChI=1S/C9H10FN3O6/c10-4-1-7(19-6(4)3-14)12-2-5(13(17)18)8(15)11-9(12)16/h2,4,6-7,14H,1,3H2,(H,11,15,16)/t4-,6+,7+/m0/s1. The molecule has 1 aliphatic heterocycles. The summed E-state index contributed by atoms with van der Waals surface area (Å²) in [5, 5.41) is 19.4. The summed E-state index contributed by atoms with van der Waals surface area (Å²) in [5.74, 6) is 0. The molecule has 1 aromatic rings. The van der Waals surface area contributed by atoms with Gasteiger partial charge in [0.15, 0.2) is 0 Å². The molecule has 0 saturated carbocycles. The van der Waals surface area contributed by atoms with Gasteiger partial charge in [-0.2, -0.15) is 0 Å². The molecule has 19 heavy (non-hydrogen) atoms. The first kappa shape index (κ1) is 13.4. The van der Waals surface area contributed by atoms with Crippen molar-refractivity contribution in [3.63, 3.8) is 0 Å². The van der Waals surface area contributed by atoms with Crippen LogP contribution in [0.1, 0.15) is 12.6 Å². The van der Waals surface area contributed by atoms with Crippen molar-refractivity contribution in [1.29, 1.82) is 0 Å². The molecule has 3 atom stereocenters. The second-order valence-electron chi connectivity index (χ2n) is 4.00. The Kier molecular flexibility index (Phi) is 3.44. The van der Waals surface area contributed by atoms with Gasteiger partial charge in [0.25, 0.3) is 0 Å². The van der Waals surface area contributed by atoms with Crippen molar-refractivity contribution in [3.8, 4) is 0 Å². The Hall–Kier alpha value is -2.07. The predicted octanol–water partition coefficient (Wildman–Crippen LogP) is -0.937. The number of halogens is 1. The van der Waals surface area contributed by atoms with Crippen molar-refractivity contribution in [3.05, 3.63) is 37.1 Å². The minimum Gasteiger partial charge on any atom is -0.394 e. The van der Waals surface area contributed by atoms with Gasteiger partial charge in [0.2, 0.25) is 0 Å². The van der Waals surface area contributed by atoms with Gasteiger partial charge in [0.05, 0.1) is 17.7 Å². The summed E-state index contributed by atoms with van der Waals surface area (Å²) in [6.45, 7) is -0.572. The number of nitrogens with one attached hydrogen (secondary N) is 1. The maximum absolute atomic E-state index is 13.4. The molecular formula is C9H10FN3O6. The van der Waals surface area contributed by atoms with E-state index < -0.39 is 47.0 Å². The molecule has 1 fully saturated rings. The van der Waals surface area contributed by atoms with Crippen LogP contribution in [-0.4, -0.2) is 38.5 Å². The molecule has 2 rings (SSSR count). The van der Waals surface area contributed by atoms with Gasteiger partial charge in [0, 0.05) is 6.42 Å². The lowest BCUT2D eigenvalue weighted by Gasteiger charge is -2.13. The zero-order valence-electron chi connectivity index (χ0n) is 9.48. The molecule has 1 aliphatic rings. The van der Waals surface area contributed by atoms with Crippen molar-refractivity contribution in [2.45, 2.75) is 24.9 Å². The molecular weight excluding hydrogens is 265 g/mol. The highest BCUT2D eigenvalue weighted by atomic mass is 19.1. The first-order valence-corrected chi connectivity index (χ1v) is 5.34. The van der Waals surface area contributed by atoms with Crippen LogP contribution in [0, 0.1) is 10.1 Å². The number of nitrogens with zero attached hydrogens (tertiary/aromatic N) is 2. The van der Waals surface area contributed by atoms with Gasteiger partial charge in [0.1, 0.15) is 18.5 Å². The number of aromatic nitrogens is 2. The number of nitro groups is 1. The van der Waals surface area contributed by atoms with E-state index in [0.29, 0.717) is 6.20 Å². The monoisotopic (exact) mass is 275 g/mol. The van der Waals surface area contributed by atoms with Crippen molar-refractivity contribution >= 4 is 5.69 Å². The summed E-state index contributed by atoms with van der Waals surface area (Å²) in [7, 11) is 0. The fourth-order valence-corrected chi connectivity index (χ4v) is 1.84. The van der Waals surface area contributed by atoms with Gasteiger partial charge in [-0.1, -0.05) is 0 Å². The van der Waals surface area contributed by atoms with E-state index in [1.165, 1.54) is 0 Å². The smallest absolute Gasteiger partial charge is 0.350 e. The number of ether oxygens (including phenoxy) is 1. The zero-order valence-corrected chi connectivity index (χ0v) is 9.48. The van der Waals surface area contributed by atoms with Gasteiger partial charge >= 0.3 is 16.9 Å². The number of hydrogen-bond donors (Lipinski definition) is 2. The summed E-state index contributed by atoms with van der Waals surface area (Å²) in [6, 6.07) is 0. The van der Waals surface area contributed by atoms with E-state index in [0.717, 1.165) is 4.57 Å². The maximum atomic E-state index is 13.4. The Morgan fingerprint density at radius 2 is 2.32 bits per heavy atom. The highest BCUT2D eigenvalue weighted by molar-refractivity contribution is 5.21. The molecule has 2 heterocycles. The third-order valence-corrected chi connectivity index (χ3v) is 2.80. The molecule has 1 saturated heterocycles. The molecule has 0 unspecified atom stereocenters. The molecule has 1 aromatic heterocycles. The number of alkyl halides is 1. The van der Waals surface area contributed by atoms with Crippen LogP contribution in [0.25, 0.3) is 0 Å². The van der Waals surface area contributed by atoms with Crippen LogP contribution < -0.4 is 11.2 Å². The molecule has 0 radical (unpaired) electrons. The van der Waals surface area contributed by atoms with Crippen LogP contribution in [0.15, 0.2) is 15.8 Å². The van der Waals surface area contributed by atoms with E-state index in [1.54, 1.807) is 4.98 Å². The van der Waals surface area contributed by atoms with Crippen LogP contribution in [-0.2, 0) is 4.74 Å². The third-order valence-electron chi connectivity index (χ3n) is 2.80. The SMILES string of the molecule is O=c1[nH]c(=O)n([C@H]2C[C@H](F)[C@@H](CO)O2)cc1[N+](=O)[O-]. The Balaban J connectivity index is 2.41. The fraction of sp³-hybridized carbons (Fsp3) is 0.556. The van der Waals surface area contributed by atoms with E-state index in [1.807, 2.05) is 0 Å². The van der Waals surface area contributed by atoms with Crippen LogP contribution in [0.4, 0.5) is 10.1 Å². The van der Waals surface area contributed by atoms with E-state index in [-0.39, 0.29) is 6.42 Å². The van der Waals surface area contributed by atoms with Gasteiger partial charge in [-0.05, 0) is 0 Å². The lowest BCUT2D eigenvalue weighted by Crippen LogP contribution is -2.33. The quantitative estimate of drug-likeness (QED) is 0.541. The molecule has 0 bridgehead atoms. The molecule has 10 heteroatoms. The number of aliphatic hydroxyl groups excluding tert-OH is 1. The fourth-order valence-electron chi connectivity index (χ4n) is 1.84. The van der Waals surface area contributed by atoms with Crippen LogP contribution >= 0.6 is 0 Å². The molecule has 2 N–H and O–H groups in total. The molecule has 9 nitrogen and oxygen atoms in total. The Morgan fingerprint density at radius 3 is 2.84 bits per heavy atom. The molecule has 0 spiro atoms. The number of H-pyrrole nitrogens is 1. The molecule has 0 aromatic carbocycles.